The van der Waals surface area contributed by atoms with Gasteiger partial charge in [-0.05, 0) is 67.1 Å². The van der Waals surface area contributed by atoms with Gasteiger partial charge < -0.3 is 20.1 Å². The summed E-state index contributed by atoms with van der Waals surface area (Å²) in [4.78, 5) is 15.9. The first kappa shape index (κ1) is 26.8. The second-order valence-electron chi connectivity index (χ2n) is 11.4. The molecule has 40 heavy (non-hydrogen) atoms. The molecule has 0 saturated carbocycles. The van der Waals surface area contributed by atoms with Crippen molar-refractivity contribution >= 4 is 34.1 Å². The maximum absolute atomic E-state index is 13.5. The van der Waals surface area contributed by atoms with E-state index >= 15 is 0 Å². The minimum Gasteiger partial charge on any atom is -0.393 e. The number of rotatable bonds is 7. The number of hydrogen-bond acceptors (Lipinski definition) is 5. The molecule has 8 heteroatoms. The lowest BCUT2D eigenvalue weighted by molar-refractivity contribution is 0.00124. The van der Waals surface area contributed by atoms with Crippen LogP contribution in [0.15, 0.2) is 66.7 Å². The molecule has 7 nitrogen and oxygen atoms in total. The van der Waals surface area contributed by atoms with Crippen LogP contribution in [0.5, 0.6) is 0 Å². The van der Waals surface area contributed by atoms with Gasteiger partial charge in [0.25, 0.3) is 5.91 Å². The molecule has 1 aromatic heterocycles. The number of hydrogen-bond donors (Lipinski definition) is 3. The van der Waals surface area contributed by atoms with E-state index in [4.69, 9.17) is 16.3 Å². The first-order valence-corrected chi connectivity index (χ1v) is 14.4. The number of benzene rings is 3. The quantitative estimate of drug-likeness (QED) is 0.254. The lowest BCUT2D eigenvalue weighted by Crippen LogP contribution is -2.58. The Balaban J connectivity index is 1.25. The maximum Gasteiger partial charge on any atom is 0.251 e. The molecular weight excluding hydrogens is 524 g/mol. The zero-order valence-electron chi connectivity index (χ0n) is 22.8. The van der Waals surface area contributed by atoms with Crippen LogP contribution in [0, 0.1) is 5.92 Å². The fraction of sp³-hybridized carbons (Fsp3) is 0.375. The average molecular weight is 559 g/mol. The molecule has 2 fully saturated rings. The van der Waals surface area contributed by atoms with Crippen LogP contribution in [-0.2, 0) is 4.74 Å². The summed E-state index contributed by atoms with van der Waals surface area (Å²) in [5.74, 6) is 0.241. The Morgan fingerprint density at radius 1 is 1.10 bits per heavy atom. The zero-order chi connectivity index (χ0) is 27.8. The van der Waals surface area contributed by atoms with Crippen molar-refractivity contribution in [2.45, 2.75) is 57.3 Å². The van der Waals surface area contributed by atoms with Gasteiger partial charge in [0, 0.05) is 27.2 Å². The Morgan fingerprint density at radius 3 is 2.52 bits per heavy atom. The fourth-order valence-electron chi connectivity index (χ4n) is 6.21. The van der Waals surface area contributed by atoms with E-state index in [1.807, 2.05) is 42.5 Å². The predicted molar refractivity (Wildman–Crippen MR) is 159 cm³/mol. The highest BCUT2D eigenvalue weighted by molar-refractivity contribution is 6.31. The molecule has 1 amide bonds. The van der Waals surface area contributed by atoms with Gasteiger partial charge in [-0.3, -0.25) is 9.89 Å². The Morgan fingerprint density at radius 2 is 1.82 bits per heavy atom. The number of amides is 1. The van der Waals surface area contributed by atoms with E-state index in [1.54, 1.807) is 0 Å². The lowest BCUT2D eigenvalue weighted by Gasteiger charge is -2.48. The number of aromatic amines is 1. The Kier molecular flexibility index (Phi) is 7.53. The predicted octanol–water partition coefficient (Wildman–Crippen LogP) is 6.13. The standard InChI is InChI=1S/C32H35ClN4O3/c1-19(2)13-30(26-5-3-4-6-28(26)33)34-32(39)21-9-12-29-27(14-21)31(36-35-29)20-7-10-22(11-8-20)37-23-15-25(38)16-24(37)18-40-17-23/h3-12,14,19,23-25,30,38H,13,15-18H2,1-2H3,(H,34,39)(H,35,36). The maximum atomic E-state index is 13.5. The van der Waals surface area contributed by atoms with Crippen LogP contribution in [-0.4, -0.2) is 52.6 Å². The van der Waals surface area contributed by atoms with E-state index in [0.29, 0.717) is 29.7 Å². The number of halogens is 1. The average Bonchev–Trinajstić information content (AvgIpc) is 3.36. The lowest BCUT2D eigenvalue weighted by atomic mass is 9.91. The van der Waals surface area contributed by atoms with Crippen molar-refractivity contribution in [2.24, 2.45) is 5.92 Å². The van der Waals surface area contributed by atoms with Gasteiger partial charge in [0.15, 0.2) is 0 Å². The number of aliphatic hydroxyl groups excluding tert-OH is 1. The fourth-order valence-corrected chi connectivity index (χ4v) is 6.48. The summed E-state index contributed by atoms with van der Waals surface area (Å²) in [6.45, 7) is 5.55. The van der Waals surface area contributed by atoms with Crippen LogP contribution in [0.2, 0.25) is 5.02 Å². The summed E-state index contributed by atoms with van der Waals surface area (Å²) in [7, 11) is 0. The number of aliphatic hydroxyl groups is 1. The molecule has 2 aliphatic heterocycles. The van der Waals surface area contributed by atoms with Crippen LogP contribution >= 0.6 is 11.6 Å². The summed E-state index contributed by atoms with van der Waals surface area (Å²) >= 11 is 6.49. The van der Waals surface area contributed by atoms with E-state index in [0.717, 1.165) is 52.7 Å². The number of morpholine rings is 1. The molecule has 0 spiro atoms. The van der Waals surface area contributed by atoms with E-state index in [-0.39, 0.29) is 30.1 Å². The van der Waals surface area contributed by atoms with Gasteiger partial charge in [-0.25, -0.2) is 0 Å². The van der Waals surface area contributed by atoms with Crippen molar-refractivity contribution in [3.8, 4) is 11.3 Å². The van der Waals surface area contributed by atoms with Gasteiger partial charge in [0.2, 0.25) is 0 Å². The van der Waals surface area contributed by atoms with Crippen molar-refractivity contribution in [3.05, 3.63) is 82.9 Å². The first-order valence-electron chi connectivity index (χ1n) is 14.1. The molecule has 3 atom stereocenters. The van der Waals surface area contributed by atoms with Crippen molar-refractivity contribution in [2.75, 3.05) is 18.1 Å². The van der Waals surface area contributed by atoms with E-state index in [2.05, 4.69) is 58.5 Å². The summed E-state index contributed by atoms with van der Waals surface area (Å²) in [6.07, 6.45) is 1.97. The highest BCUT2D eigenvalue weighted by Gasteiger charge is 2.38. The summed E-state index contributed by atoms with van der Waals surface area (Å²) in [5, 5.41) is 22.7. The van der Waals surface area contributed by atoms with Gasteiger partial charge in [0.05, 0.1) is 48.7 Å². The third-order valence-electron chi connectivity index (χ3n) is 8.05. The van der Waals surface area contributed by atoms with Gasteiger partial charge in [-0.15, -0.1) is 0 Å². The monoisotopic (exact) mass is 558 g/mol. The molecular formula is C32H35ClN4O3. The van der Waals surface area contributed by atoms with E-state index < -0.39 is 0 Å². The molecule has 2 aliphatic rings. The molecule has 2 bridgehead atoms. The number of anilines is 1. The molecule has 0 radical (unpaired) electrons. The molecule has 208 valence electrons. The second kappa shape index (κ2) is 11.2. The molecule has 4 aromatic rings. The molecule has 3 aromatic carbocycles. The SMILES string of the molecule is CC(C)CC(NC(=O)c1ccc2[nH]nc(-c3ccc(N4C5COCC4CC(O)C5)cc3)c2c1)c1ccccc1Cl. The van der Waals surface area contributed by atoms with Crippen molar-refractivity contribution < 1.29 is 14.6 Å². The number of fused-ring (bicyclic) bond motifs is 3. The third-order valence-corrected chi connectivity index (χ3v) is 8.40. The van der Waals surface area contributed by atoms with Crippen LogP contribution in [0.25, 0.3) is 22.2 Å². The number of H-pyrrole nitrogens is 1. The number of ether oxygens (including phenoxy) is 1. The number of carbonyl (C=O) groups is 1. The summed E-state index contributed by atoms with van der Waals surface area (Å²) < 4.78 is 5.77. The normalized spacial score (nSPS) is 21.5. The Bertz CT molecular complexity index is 1490. The smallest absolute Gasteiger partial charge is 0.251 e. The van der Waals surface area contributed by atoms with Crippen molar-refractivity contribution in [1.82, 2.24) is 15.5 Å². The third kappa shape index (κ3) is 5.33. The van der Waals surface area contributed by atoms with Crippen LogP contribution in [0.4, 0.5) is 5.69 Å². The highest BCUT2D eigenvalue weighted by atomic mass is 35.5. The molecule has 6 rings (SSSR count). The summed E-state index contributed by atoms with van der Waals surface area (Å²) in [6, 6.07) is 21.9. The van der Waals surface area contributed by atoms with Crippen molar-refractivity contribution in [1.29, 1.82) is 0 Å². The molecule has 3 heterocycles. The molecule has 3 unspecified atom stereocenters. The zero-order valence-corrected chi connectivity index (χ0v) is 23.6. The summed E-state index contributed by atoms with van der Waals surface area (Å²) in [5.41, 5.74) is 5.28. The Hall–Kier alpha value is -3.39. The number of nitrogens with zero attached hydrogens (tertiary/aromatic N) is 2. The van der Waals surface area contributed by atoms with E-state index in [9.17, 15) is 9.90 Å². The van der Waals surface area contributed by atoms with Gasteiger partial charge >= 0.3 is 0 Å². The largest absolute Gasteiger partial charge is 0.393 e. The first-order chi connectivity index (χ1) is 19.4. The minimum atomic E-state index is -0.262. The number of piperidine rings is 1. The molecule has 3 N–H and O–H groups in total. The number of aromatic nitrogens is 2. The second-order valence-corrected chi connectivity index (χ2v) is 11.8. The van der Waals surface area contributed by atoms with Gasteiger partial charge in [0.1, 0.15) is 0 Å². The number of nitrogens with one attached hydrogen (secondary N) is 2. The Labute approximate surface area is 239 Å². The van der Waals surface area contributed by atoms with E-state index in [1.165, 1.54) is 0 Å². The van der Waals surface area contributed by atoms with Crippen molar-refractivity contribution in [3.63, 3.8) is 0 Å². The molecule has 2 saturated heterocycles. The van der Waals surface area contributed by atoms with Gasteiger partial charge in [-0.1, -0.05) is 55.8 Å². The molecule has 0 aliphatic carbocycles. The number of carbonyl (C=O) groups excluding carboxylic acids is 1. The minimum absolute atomic E-state index is 0.143. The van der Waals surface area contributed by atoms with Crippen LogP contribution in [0.1, 0.15) is 55.1 Å². The van der Waals surface area contributed by atoms with Crippen LogP contribution in [0.3, 0.4) is 0 Å². The van der Waals surface area contributed by atoms with Gasteiger partial charge in [-0.2, -0.15) is 5.10 Å². The van der Waals surface area contributed by atoms with Crippen LogP contribution < -0.4 is 10.2 Å². The topological polar surface area (TPSA) is 90.5 Å². The highest BCUT2D eigenvalue weighted by Crippen LogP contribution is 2.35.